The van der Waals surface area contributed by atoms with Crippen molar-refractivity contribution in [2.45, 2.75) is 44.2 Å². The van der Waals surface area contributed by atoms with E-state index in [1.807, 2.05) is 0 Å². The summed E-state index contributed by atoms with van der Waals surface area (Å²) >= 11 is 0. The van der Waals surface area contributed by atoms with Crippen LogP contribution in [0.3, 0.4) is 0 Å². The fraction of sp³-hybridized carbons (Fsp3) is 0.889. The van der Waals surface area contributed by atoms with Crippen molar-refractivity contribution in [3.05, 3.63) is 0 Å². The first-order valence-corrected chi connectivity index (χ1v) is 6.90. The third-order valence-corrected chi connectivity index (χ3v) is 5.23. The number of carbonyl (C=O) groups is 1. The van der Waals surface area contributed by atoms with Crippen LogP contribution in [0.4, 0.5) is 0 Å². The van der Waals surface area contributed by atoms with Gasteiger partial charge in [-0.25, -0.2) is 0 Å². The van der Waals surface area contributed by atoms with Crippen molar-refractivity contribution in [2.75, 3.05) is 6.16 Å². The Kier molecular flexibility index (Phi) is 8.25. The monoisotopic (exact) mass is 257 g/mol. The van der Waals surface area contributed by atoms with Gasteiger partial charge in [0.05, 0.1) is 0 Å². The van der Waals surface area contributed by atoms with Crippen LogP contribution in [-0.4, -0.2) is 17.8 Å². The molecule has 0 radical (unpaired) electrons. The maximum Gasteiger partial charge on any atom is 1.00 e. The van der Waals surface area contributed by atoms with Gasteiger partial charge in [0, 0.05) is 13.3 Å². The van der Waals surface area contributed by atoms with Gasteiger partial charge < -0.3 is 19.4 Å². The summed E-state index contributed by atoms with van der Waals surface area (Å²) in [4.78, 5) is 21.8. The molecule has 15 heavy (non-hydrogen) atoms. The number of carboxylic acid groups (broad SMARTS) is 1. The zero-order valence-corrected chi connectivity index (χ0v) is 13.1. The molecule has 0 N–H and O–H groups in total. The van der Waals surface area contributed by atoms with Gasteiger partial charge in [0.25, 0.3) is 0 Å². The van der Waals surface area contributed by atoms with Gasteiger partial charge in [-0.15, -0.1) is 0 Å². The Hall–Kier alpha value is 1.30. The molecule has 1 aliphatic rings. The van der Waals surface area contributed by atoms with Crippen LogP contribution in [0.5, 0.6) is 0 Å². The first-order valence-electron chi connectivity index (χ1n) is 5.02. The average molecular weight is 257 g/mol. The number of rotatable bonds is 4. The summed E-state index contributed by atoms with van der Waals surface area (Å²) in [6.07, 6.45) is 3.79. The Morgan fingerprint density at radius 3 is 2.27 bits per heavy atom. The van der Waals surface area contributed by atoms with E-state index in [0.29, 0.717) is 12.8 Å². The molecule has 1 atom stereocenters. The van der Waals surface area contributed by atoms with Crippen LogP contribution in [0, 0.1) is 0 Å². The molecular weight excluding hydrogens is 242 g/mol. The van der Waals surface area contributed by atoms with Crippen molar-refractivity contribution >= 4 is 13.3 Å². The fourth-order valence-electron chi connectivity index (χ4n) is 1.90. The first kappa shape index (κ1) is 16.3. The smallest absolute Gasteiger partial charge is 0.799 e. The second-order valence-electron chi connectivity index (χ2n) is 3.86. The van der Waals surface area contributed by atoms with Gasteiger partial charge in [-0.1, -0.05) is 19.3 Å². The van der Waals surface area contributed by atoms with Crippen LogP contribution in [0.15, 0.2) is 0 Å². The van der Waals surface area contributed by atoms with Gasteiger partial charge in [0.15, 0.2) is 0 Å². The van der Waals surface area contributed by atoms with Gasteiger partial charge in [-0.3, -0.25) is 0 Å². The van der Waals surface area contributed by atoms with Crippen molar-refractivity contribution in [1.29, 1.82) is 0 Å². The van der Waals surface area contributed by atoms with Crippen LogP contribution in [-0.2, 0) is 9.36 Å². The molecule has 1 aliphatic carbocycles. The molecule has 1 rings (SSSR count). The molecule has 0 aromatic heterocycles. The number of carboxylic acids is 1. The zero-order chi connectivity index (χ0) is 10.6. The van der Waals surface area contributed by atoms with E-state index in [-0.39, 0.29) is 69.6 Å². The molecule has 0 amide bonds. The van der Waals surface area contributed by atoms with E-state index in [1.54, 1.807) is 0 Å². The Morgan fingerprint density at radius 2 is 1.80 bits per heavy atom. The third kappa shape index (κ3) is 5.96. The summed E-state index contributed by atoms with van der Waals surface area (Å²) in [6, 6.07) is 0. The van der Waals surface area contributed by atoms with Crippen molar-refractivity contribution in [3.63, 3.8) is 0 Å². The Morgan fingerprint density at radius 1 is 1.27 bits per heavy atom. The molecule has 0 heterocycles. The summed E-state index contributed by atoms with van der Waals surface area (Å²) in [7, 11) is -3.49. The van der Waals surface area contributed by atoms with Gasteiger partial charge >= 0.3 is 51.4 Å². The van der Waals surface area contributed by atoms with Crippen molar-refractivity contribution < 1.29 is 70.7 Å². The molecule has 0 bridgehead atoms. The van der Waals surface area contributed by atoms with Crippen LogP contribution < -0.4 is 61.4 Å². The minimum absolute atomic E-state index is 0. The summed E-state index contributed by atoms with van der Waals surface area (Å²) in [5, 5.41) is 10.2. The van der Waals surface area contributed by atoms with Gasteiger partial charge in [-0.2, -0.15) is 0 Å². The Labute approximate surface area is 133 Å². The summed E-state index contributed by atoms with van der Waals surface area (Å²) < 4.78 is 11.6. The van der Waals surface area contributed by atoms with Crippen molar-refractivity contribution in [2.24, 2.45) is 0 Å². The number of aliphatic carboxylic acids is 1. The molecule has 0 spiro atoms. The number of hydrogen-bond donors (Lipinski definition) is 0. The molecule has 4 nitrogen and oxygen atoms in total. The van der Waals surface area contributed by atoms with Crippen molar-refractivity contribution in [3.8, 4) is 0 Å². The second kappa shape index (κ2) is 7.59. The molecule has 0 aromatic carbocycles. The third-order valence-electron chi connectivity index (χ3n) is 2.76. The maximum atomic E-state index is 11.6. The largest absolute Gasteiger partial charge is 1.00 e. The predicted octanol–water partition coefficient (Wildman–Crippen LogP) is -2.90. The topological polar surface area (TPSA) is 80.3 Å². The van der Waals surface area contributed by atoms with E-state index in [2.05, 4.69) is 0 Å². The molecule has 6 heteroatoms. The second-order valence-corrected chi connectivity index (χ2v) is 6.49. The SMILES string of the molecule is O=C([O-])CCP(=O)([O-])C1CCCCC1.[K+]. The van der Waals surface area contributed by atoms with Crippen LogP contribution in [0.25, 0.3) is 0 Å². The van der Waals surface area contributed by atoms with Gasteiger partial charge in [0.2, 0.25) is 0 Å². The predicted molar refractivity (Wildman–Crippen MR) is 49.0 cm³/mol. The normalized spacial score (nSPS) is 21.4. The standard InChI is InChI=1S/C9H17O4P.K/c10-9(11)6-7-14(12,13)8-4-2-1-3-5-8;/h8H,1-7H2,(H,10,11)(H,12,13);/q;+1/p-2. The molecular formula is C9H15KO4P-. The van der Waals surface area contributed by atoms with Crippen LogP contribution >= 0.6 is 7.37 Å². The fourth-order valence-corrected chi connectivity index (χ4v) is 3.92. The van der Waals surface area contributed by atoms with Gasteiger partial charge in [-0.05, 0) is 31.1 Å². The van der Waals surface area contributed by atoms with E-state index >= 15 is 0 Å². The van der Waals surface area contributed by atoms with Crippen LogP contribution in [0.1, 0.15) is 38.5 Å². The maximum absolute atomic E-state index is 11.6. The Balaban J connectivity index is 0.00000196. The first-order chi connectivity index (χ1) is 6.52. The minimum Gasteiger partial charge on any atom is -0.799 e. The van der Waals surface area contributed by atoms with E-state index < -0.39 is 13.3 Å². The van der Waals surface area contributed by atoms with E-state index in [1.165, 1.54) is 0 Å². The molecule has 1 fully saturated rings. The summed E-state index contributed by atoms with van der Waals surface area (Å²) in [6.45, 7) is 0. The molecule has 0 aromatic rings. The summed E-state index contributed by atoms with van der Waals surface area (Å²) in [5.41, 5.74) is -0.282. The Bertz CT molecular complexity index is 250. The van der Waals surface area contributed by atoms with Crippen LogP contribution in [0.2, 0.25) is 0 Å². The molecule has 0 saturated heterocycles. The van der Waals surface area contributed by atoms with Crippen molar-refractivity contribution in [1.82, 2.24) is 0 Å². The zero-order valence-electron chi connectivity index (χ0n) is 9.11. The molecule has 0 aliphatic heterocycles. The molecule has 1 saturated carbocycles. The van der Waals surface area contributed by atoms with E-state index in [4.69, 9.17) is 0 Å². The summed E-state index contributed by atoms with van der Waals surface area (Å²) in [5.74, 6) is -1.28. The average Bonchev–Trinajstić information content (AvgIpc) is 2.16. The molecule has 1 unspecified atom stereocenters. The quantitative estimate of drug-likeness (QED) is 0.400. The van der Waals surface area contributed by atoms with E-state index in [9.17, 15) is 19.4 Å². The van der Waals surface area contributed by atoms with Gasteiger partial charge in [0.1, 0.15) is 0 Å². The molecule has 82 valence electrons. The number of carbonyl (C=O) groups excluding carboxylic acids is 1. The number of hydrogen-bond acceptors (Lipinski definition) is 4. The minimum atomic E-state index is -3.49. The van der Waals surface area contributed by atoms with E-state index in [0.717, 1.165) is 19.3 Å².